The van der Waals surface area contributed by atoms with E-state index in [0.717, 1.165) is 58.3 Å². The molecule has 0 aliphatic heterocycles. The number of hydrogen-bond acceptors (Lipinski definition) is 12. The van der Waals surface area contributed by atoms with Gasteiger partial charge in [0, 0.05) is 59.8 Å². The molecule has 5 aromatic heterocycles. The van der Waals surface area contributed by atoms with E-state index in [0.29, 0.717) is 24.0 Å². The van der Waals surface area contributed by atoms with Crippen molar-refractivity contribution in [2.24, 2.45) is 0 Å². The van der Waals surface area contributed by atoms with Gasteiger partial charge in [0.2, 0.25) is 0 Å². The van der Waals surface area contributed by atoms with Gasteiger partial charge >= 0.3 is 6.09 Å². The Hall–Kier alpha value is -7.17. The van der Waals surface area contributed by atoms with Gasteiger partial charge in [-0.05, 0) is 62.7 Å². The van der Waals surface area contributed by atoms with Crippen LogP contribution in [0.2, 0.25) is 0 Å². The minimum Gasteiger partial charge on any atom is -0.444 e. The van der Waals surface area contributed by atoms with E-state index in [4.69, 9.17) is 13.8 Å². The van der Waals surface area contributed by atoms with Crippen LogP contribution in [-0.4, -0.2) is 52.4 Å². The summed E-state index contributed by atoms with van der Waals surface area (Å²) in [5, 5.41) is 13.0. The van der Waals surface area contributed by atoms with Gasteiger partial charge in [-0.15, -0.1) is 0 Å². The lowest BCUT2D eigenvalue weighted by atomic mass is 10.1. The fraction of sp³-hybridized carbons (Fsp3) is 0.225. The molecular weight excluding hydrogens is 740 g/mol. The first-order valence-electron chi connectivity index (χ1n) is 17.7. The van der Waals surface area contributed by atoms with Gasteiger partial charge in [0.15, 0.2) is 11.6 Å². The predicted octanol–water partition coefficient (Wildman–Crippen LogP) is 5.35. The molecule has 57 heavy (non-hydrogen) atoms. The summed E-state index contributed by atoms with van der Waals surface area (Å²) in [7, 11) is 0. The minimum absolute atomic E-state index is 0.0566. The van der Waals surface area contributed by atoms with Crippen LogP contribution in [0.1, 0.15) is 82.6 Å². The molecule has 1 aromatic carbocycles. The monoisotopic (exact) mass is 775 g/mol. The number of rotatable bonds is 9. The number of nitrogens with one attached hydrogen (secondary N) is 2. The first-order chi connectivity index (χ1) is 27.4. The van der Waals surface area contributed by atoms with Crippen LogP contribution in [0, 0.1) is 11.6 Å². The molecule has 0 fully saturated rings. The van der Waals surface area contributed by atoms with E-state index >= 15 is 0 Å². The van der Waals surface area contributed by atoms with Crippen LogP contribution >= 0.6 is 0 Å². The number of halogens is 2. The van der Waals surface area contributed by atoms with Crippen LogP contribution in [0.15, 0.2) is 99.2 Å². The fourth-order valence-electron chi connectivity index (χ4n) is 6.04. The lowest BCUT2D eigenvalue weighted by Gasteiger charge is -2.19. The SMILES string of the molecule is CC(C)(C)OC(=O)NCc1noc(C2=CCc3ncccc32)n1.O=C(NCc1noc(C2=CCc3ncccc32)n1)c1cccn(Cc2cc(F)cc(F)c2)c1=O. The van der Waals surface area contributed by atoms with E-state index in [1.807, 2.05) is 36.4 Å². The van der Waals surface area contributed by atoms with Crippen LogP contribution < -0.4 is 16.2 Å². The molecule has 0 spiro atoms. The van der Waals surface area contributed by atoms with Gasteiger partial charge in [-0.2, -0.15) is 9.97 Å². The number of amides is 2. The zero-order valence-electron chi connectivity index (χ0n) is 31.0. The largest absolute Gasteiger partial charge is 0.444 e. The maximum Gasteiger partial charge on any atom is 0.408 e. The number of aromatic nitrogens is 7. The molecule has 290 valence electrons. The predicted molar refractivity (Wildman–Crippen MR) is 199 cm³/mol. The highest BCUT2D eigenvalue weighted by Gasteiger charge is 2.23. The van der Waals surface area contributed by atoms with Crippen molar-refractivity contribution in [3.05, 3.63) is 164 Å². The van der Waals surface area contributed by atoms with Gasteiger partial charge in [0.1, 0.15) is 22.8 Å². The lowest BCUT2D eigenvalue weighted by molar-refractivity contribution is 0.0521. The number of allylic oxidation sites excluding steroid dienone is 2. The number of fused-ring (bicyclic) bond motifs is 2. The number of carbonyl (C=O) groups excluding carboxylic acids is 2. The Kier molecular flexibility index (Phi) is 10.9. The molecule has 15 nitrogen and oxygen atoms in total. The molecule has 6 aromatic rings. The molecule has 17 heteroatoms. The molecule has 0 saturated carbocycles. The fourth-order valence-corrected chi connectivity index (χ4v) is 6.04. The summed E-state index contributed by atoms with van der Waals surface area (Å²) in [6.07, 6.45) is 9.79. The Morgan fingerprint density at radius 2 is 1.37 bits per heavy atom. The van der Waals surface area contributed by atoms with E-state index in [1.54, 1.807) is 33.2 Å². The number of nitrogens with zero attached hydrogens (tertiary/aromatic N) is 7. The van der Waals surface area contributed by atoms with E-state index in [9.17, 15) is 23.2 Å². The highest BCUT2D eigenvalue weighted by Crippen LogP contribution is 2.31. The topological polar surface area (TPSA) is 193 Å². The quantitative estimate of drug-likeness (QED) is 0.192. The van der Waals surface area contributed by atoms with Crippen molar-refractivity contribution in [1.82, 2.24) is 45.4 Å². The Morgan fingerprint density at radius 3 is 1.93 bits per heavy atom. The summed E-state index contributed by atoms with van der Waals surface area (Å²) in [6.45, 7) is 5.41. The molecule has 8 rings (SSSR count). The smallest absolute Gasteiger partial charge is 0.408 e. The Labute approximate surface area is 323 Å². The van der Waals surface area contributed by atoms with Crippen LogP contribution in [0.25, 0.3) is 11.1 Å². The van der Waals surface area contributed by atoms with Gasteiger partial charge < -0.3 is 29.0 Å². The standard InChI is InChI=1S/C24H17F2N5O3.C16H18N4O3/c25-15-9-14(10-16(26)11-15)13-31-8-2-4-19(24(31)33)22(32)28-12-21-29-23(34-30-21)18-5-6-20-17(18)3-1-7-27-20;1-16(2,3)22-15(21)18-9-13-19-14(23-20-13)11-6-7-12-10(11)5-4-8-17-12/h1-5,7-11H,6,12-13H2,(H,28,32);4-6,8H,7,9H2,1-3H3,(H,18,21). The van der Waals surface area contributed by atoms with E-state index in [2.05, 4.69) is 40.9 Å². The zero-order valence-corrected chi connectivity index (χ0v) is 31.0. The number of ether oxygens (including phenoxy) is 1. The van der Waals surface area contributed by atoms with Gasteiger partial charge in [-0.25, -0.2) is 13.6 Å². The summed E-state index contributed by atoms with van der Waals surface area (Å²) < 4.78 is 43.9. The highest BCUT2D eigenvalue weighted by molar-refractivity contribution is 5.93. The molecule has 2 aliphatic carbocycles. The van der Waals surface area contributed by atoms with Crippen LogP contribution in [-0.2, 0) is 37.2 Å². The number of alkyl carbamates (subject to hydrolysis) is 1. The molecule has 0 saturated heterocycles. The van der Waals surface area contributed by atoms with E-state index in [1.165, 1.54) is 22.9 Å². The van der Waals surface area contributed by atoms with Gasteiger partial charge in [0.05, 0.1) is 31.0 Å². The summed E-state index contributed by atoms with van der Waals surface area (Å²) in [5.74, 6) is -0.741. The van der Waals surface area contributed by atoms with Crippen molar-refractivity contribution in [2.45, 2.75) is 58.8 Å². The molecule has 2 N–H and O–H groups in total. The highest BCUT2D eigenvalue weighted by atomic mass is 19.1. The normalized spacial score (nSPS) is 12.8. The average molecular weight is 776 g/mol. The molecule has 0 radical (unpaired) electrons. The average Bonchev–Trinajstić information content (AvgIpc) is 3.99. The first-order valence-corrected chi connectivity index (χ1v) is 17.7. The maximum atomic E-state index is 13.5. The van der Waals surface area contributed by atoms with E-state index in [-0.39, 0.29) is 36.6 Å². The third kappa shape index (κ3) is 9.21. The second kappa shape index (κ2) is 16.3. The van der Waals surface area contributed by atoms with Crippen molar-refractivity contribution in [3.8, 4) is 0 Å². The Balaban J connectivity index is 0.000000188. The second-order valence-electron chi connectivity index (χ2n) is 13.8. The van der Waals surface area contributed by atoms with Gasteiger partial charge in [-0.3, -0.25) is 19.6 Å². The number of carbonyl (C=O) groups is 2. The number of pyridine rings is 3. The summed E-state index contributed by atoms with van der Waals surface area (Å²) >= 11 is 0. The summed E-state index contributed by atoms with van der Waals surface area (Å²) in [6, 6.07) is 13.5. The van der Waals surface area contributed by atoms with Crippen LogP contribution in [0.4, 0.5) is 13.6 Å². The first kappa shape index (κ1) is 38.1. The molecule has 2 amide bonds. The Bertz CT molecular complexity index is 2570. The number of hydrogen-bond donors (Lipinski definition) is 2. The number of benzene rings is 1. The van der Waals surface area contributed by atoms with Gasteiger partial charge in [0.25, 0.3) is 23.2 Å². The third-order valence-corrected chi connectivity index (χ3v) is 8.49. The molecule has 0 atom stereocenters. The minimum atomic E-state index is -0.746. The summed E-state index contributed by atoms with van der Waals surface area (Å²) in [4.78, 5) is 54.3. The molecule has 2 aliphatic rings. The lowest BCUT2D eigenvalue weighted by Crippen LogP contribution is -2.32. The molecule has 0 unspecified atom stereocenters. The van der Waals surface area contributed by atoms with Crippen LogP contribution in [0.5, 0.6) is 0 Å². The maximum absolute atomic E-state index is 13.5. The second-order valence-corrected chi connectivity index (χ2v) is 13.8. The van der Waals surface area contributed by atoms with Gasteiger partial charge in [-0.1, -0.05) is 34.6 Å². The van der Waals surface area contributed by atoms with Crippen molar-refractivity contribution < 1.29 is 32.2 Å². The van der Waals surface area contributed by atoms with E-state index < -0.39 is 34.8 Å². The van der Waals surface area contributed by atoms with Crippen molar-refractivity contribution in [1.29, 1.82) is 0 Å². The van der Waals surface area contributed by atoms with Crippen LogP contribution in [0.3, 0.4) is 0 Å². The Morgan fingerprint density at radius 1 is 0.807 bits per heavy atom. The molecule has 5 heterocycles. The van der Waals surface area contributed by atoms with Crippen molar-refractivity contribution in [3.63, 3.8) is 0 Å². The molecular formula is C40H35F2N9O6. The van der Waals surface area contributed by atoms with Crippen molar-refractivity contribution >= 4 is 23.1 Å². The molecule has 0 bridgehead atoms. The summed E-state index contributed by atoms with van der Waals surface area (Å²) in [5.41, 5.74) is 4.50. The van der Waals surface area contributed by atoms with Crippen molar-refractivity contribution in [2.75, 3.05) is 0 Å². The third-order valence-electron chi connectivity index (χ3n) is 8.49. The zero-order chi connectivity index (χ0) is 40.1.